The van der Waals surface area contributed by atoms with Crippen molar-refractivity contribution in [2.45, 2.75) is 101 Å². The van der Waals surface area contributed by atoms with E-state index >= 15 is 0 Å². The molecule has 1 spiro atoms. The van der Waals surface area contributed by atoms with Crippen LogP contribution in [0.25, 0.3) is 0 Å². The highest BCUT2D eigenvalue weighted by molar-refractivity contribution is 5.98. The van der Waals surface area contributed by atoms with Gasteiger partial charge in [0.05, 0.1) is 24.5 Å². The van der Waals surface area contributed by atoms with Crippen LogP contribution in [-0.4, -0.2) is 94.7 Å². The van der Waals surface area contributed by atoms with Gasteiger partial charge in [0.15, 0.2) is 0 Å². The zero-order chi connectivity index (χ0) is 28.9. The molecule has 4 rings (SSSR count). The fourth-order valence-corrected chi connectivity index (χ4v) is 7.19. The van der Waals surface area contributed by atoms with Gasteiger partial charge in [-0.05, 0) is 45.4 Å². The number of likely N-dealkylation sites (tertiary alicyclic amines) is 1. The number of carbonyl (C=O) groups excluding carboxylic acids is 4. The van der Waals surface area contributed by atoms with Crippen molar-refractivity contribution in [1.29, 1.82) is 0 Å². The van der Waals surface area contributed by atoms with Crippen LogP contribution in [0.15, 0.2) is 25.3 Å². The molecular formula is C30H45N3O7. The van der Waals surface area contributed by atoms with Crippen LogP contribution in [0.4, 0.5) is 0 Å². The Balaban J connectivity index is 1.54. The Morgan fingerprint density at radius 1 is 1.23 bits per heavy atom. The van der Waals surface area contributed by atoms with E-state index in [1.54, 1.807) is 24.0 Å². The summed E-state index contributed by atoms with van der Waals surface area (Å²) in [5.41, 5.74) is -1.10. The highest BCUT2D eigenvalue weighted by Gasteiger charge is 2.75. The van der Waals surface area contributed by atoms with Gasteiger partial charge in [-0.2, -0.15) is 0 Å². The van der Waals surface area contributed by atoms with Gasteiger partial charge in [-0.15, -0.1) is 13.2 Å². The van der Waals surface area contributed by atoms with Crippen molar-refractivity contribution < 1.29 is 33.8 Å². The van der Waals surface area contributed by atoms with Crippen molar-refractivity contribution in [2.24, 2.45) is 11.8 Å². The molecule has 3 saturated heterocycles. The average molecular weight is 560 g/mol. The summed E-state index contributed by atoms with van der Waals surface area (Å²) in [6.45, 7) is 9.81. The van der Waals surface area contributed by atoms with Crippen molar-refractivity contribution in [1.82, 2.24) is 15.1 Å². The molecule has 0 aromatic carbocycles. The largest absolute Gasteiger partial charge is 0.460 e. The van der Waals surface area contributed by atoms with E-state index in [0.717, 1.165) is 32.1 Å². The van der Waals surface area contributed by atoms with Crippen LogP contribution in [-0.2, 0) is 28.7 Å². The molecule has 4 fully saturated rings. The van der Waals surface area contributed by atoms with Crippen LogP contribution in [0.5, 0.6) is 0 Å². The predicted molar refractivity (Wildman–Crippen MR) is 148 cm³/mol. The molecular weight excluding hydrogens is 514 g/mol. The maximum atomic E-state index is 14.3. The summed E-state index contributed by atoms with van der Waals surface area (Å²) in [5.74, 6) is -2.79. The number of fused-ring (bicyclic) bond motifs is 1. The van der Waals surface area contributed by atoms with Crippen LogP contribution in [0.2, 0.25) is 0 Å². The number of rotatable bonds is 14. The number of esters is 1. The van der Waals surface area contributed by atoms with E-state index in [2.05, 4.69) is 18.5 Å². The predicted octanol–water partition coefficient (Wildman–Crippen LogP) is 2.10. The lowest BCUT2D eigenvalue weighted by Gasteiger charge is -2.40. The number of carbonyl (C=O) groups is 4. The van der Waals surface area contributed by atoms with Gasteiger partial charge in [0.25, 0.3) is 0 Å². The molecule has 3 heterocycles. The third-order valence-corrected chi connectivity index (χ3v) is 8.97. The minimum atomic E-state index is -1.10. The number of nitrogens with zero attached hydrogens (tertiary/aromatic N) is 2. The molecule has 1 saturated carbocycles. The number of allylic oxidation sites excluding steroid dienone is 1. The van der Waals surface area contributed by atoms with E-state index in [9.17, 15) is 24.3 Å². The molecule has 10 heteroatoms. The molecule has 0 aromatic heterocycles. The van der Waals surface area contributed by atoms with Crippen LogP contribution >= 0.6 is 0 Å². The smallest absolute Gasteiger partial charge is 0.312 e. The van der Waals surface area contributed by atoms with Crippen molar-refractivity contribution in [3.8, 4) is 0 Å². The molecule has 2 bridgehead atoms. The summed E-state index contributed by atoms with van der Waals surface area (Å²) in [4.78, 5) is 57.1. The Morgan fingerprint density at radius 3 is 2.65 bits per heavy atom. The van der Waals surface area contributed by atoms with Gasteiger partial charge in [0.1, 0.15) is 17.7 Å². The van der Waals surface area contributed by atoms with Gasteiger partial charge in [-0.3, -0.25) is 19.2 Å². The topological polar surface area (TPSA) is 125 Å². The molecule has 222 valence electrons. The first-order chi connectivity index (χ1) is 19.3. The van der Waals surface area contributed by atoms with Crippen LogP contribution in [0.1, 0.15) is 71.1 Å². The fraction of sp³-hybridized carbons (Fsp3) is 0.733. The van der Waals surface area contributed by atoms with Crippen molar-refractivity contribution in [2.75, 3.05) is 26.2 Å². The number of nitrogens with one attached hydrogen (secondary N) is 1. The van der Waals surface area contributed by atoms with Crippen molar-refractivity contribution >= 4 is 23.7 Å². The Bertz CT molecular complexity index is 980. The van der Waals surface area contributed by atoms with Crippen LogP contribution in [0.3, 0.4) is 0 Å². The molecule has 40 heavy (non-hydrogen) atoms. The minimum Gasteiger partial charge on any atom is -0.460 e. The van der Waals surface area contributed by atoms with Gasteiger partial charge < -0.3 is 29.7 Å². The number of aliphatic hydroxyl groups is 1. The van der Waals surface area contributed by atoms with Gasteiger partial charge in [-0.1, -0.05) is 31.4 Å². The Labute approximate surface area is 237 Å². The van der Waals surface area contributed by atoms with E-state index in [-0.39, 0.29) is 43.5 Å². The quantitative estimate of drug-likeness (QED) is 0.247. The second-order valence-corrected chi connectivity index (χ2v) is 11.6. The third-order valence-electron chi connectivity index (χ3n) is 8.97. The average Bonchev–Trinajstić information content (AvgIpc) is 3.60. The van der Waals surface area contributed by atoms with E-state index in [4.69, 9.17) is 9.47 Å². The summed E-state index contributed by atoms with van der Waals surface area (Å²) in [6, 6.07) is -0.783. The SMILES string of the molecule is C=CCCC(=O)NC[C@H](C)OC(=O)[C@@H]1[C@@H]2CC[C@]3(O2)[C@H](C(=O)N(CC=C)C2CCCCC2)N(CCCO)C(=O)[C@@H]13. The lowest BCUT2D eigenvalue weighted by atomic mass is 9.70. The zero-order valence-corrected chi connectivity index (χ0v) is 23.7. The highest BCUT2D eigenvalue weighted by Crippen LogP contribution is 2.59. The lowest BCUT2D eigenvalue weighted by Crippen LogP contribution is -2.58. The molecule has 6 atom stereocenters. The van der Waals surface area contributed by atoms with Gasteiger partial charge in [0, 0.05) is 32.2 Å². The monoisotopic (exact) mass is 559 g/mol. The summed E-state index contributed by atoms with van der Waals surface area (Å²) in [5, 5.41) is 12.3. The van der Waals surface area contributed by atoms with Crippen LogP contribution < -0.4 is 5.32 Å². The molecule has 10 nitrogen and oxygen atoms in total. The first kappa shape index (κ1) is 30.2. The van der Waals surface area contributed by atoms with E-state index < -0.39 is 41.7 Å². The molecule has 1 aliphatic carbocycles. The second kappa shape index (κ2) is 13.3. The Morgan fingerprint density at radius 2 is 1.98 bits per heavy atom. The zero-order valence-electron chi connectivity index (χ0n) is 23.7. The molecule has 0 aromatic rings. The molecule has 4 aliphatic rings. The summed E-state index contributed by atoms with van der Waals surface area (Å²) in [7, 11) is 0. The van der Waals surface area contributed by atoms with E-state index in [1.807, 2.05) is 4.90 Å². The lowest BCUT2D eigenvalue weighted by molar-refractivity contribution is -0.159. The summed E-state index contributed by atoms with van der Waals surface area (Å²) >= 11 is 0. The molecule has 0 unspecified atom stereocenters. The number of amides is 3. The third kappa shape index (κ3) is 5.84. The number of ether oxygens (including phenoxy) is 2. The summed E-state index contributed by atoms with van der Waals surface area (Å²) in [6.07, 6.45) is 9.62. The molecule has 0 radical (unpaired) electrons. The van der Waals surface area contributed by atoms with Crippen LogP contribution in [0, 0.1) is 11.8 Å². The van der Waals surface area contributed by atoms with E-state index in [0.29, 0.717) is 38.6 Å². The molecule has 3 amide bonds. The maximum absolute atomic E-state index is 14.3. The second-order valence-electron chi connectivity index (χ2n) is 11.6. The Kier molecular flexibility index (Phi) is 10.1. The fourth-order valence-electron chi connectivity index (χ4n) is 7.19. The van der Waals surface area contributed by atoms with Gasteiger partial charge in [0.2, 0.25) is 17.7 Å². The molecule has 2 N–H and O–H groups in total. The highest BCUT2D eigenvalue weighted by atomic mass is 16.6. The van der Waals surface area contributed by atoms with Gasteiger partial charge >= 0.3 is 5.97 Å². The first-order valence-corrected chi connectivity index (χ1v) is 14.9. The number of hydrogen-bond donors (Lipinski definition) is 2. The van der Waals surface area contributed by atoms with E-state index in [1.165, 1.54) is 0 Å². The minimum absolute atomic E-state index is 0.0754. The maximum Gasteiger partial charge on any atom is 0.312 e. The van der Waals surface area contributed by atoms with Gasteiger partial charge in [-0.25, -0.2) is 0 Å². The summed E-state index contributed by atoms with van der Waals surface area (Å²) < 4.78 is 12.2. The number of hydrogen-bond acceptors (Lipinski definition) is 7. The van der Waals surface area contributed by atoms with Crippen molar-refractivity contribution in [3.05, 3.63) is 25.3 Å². The first-order valence-electron chi connectivity index (χ1n) is 14.9. The molecule has 3 aliphatic heterocycles. The van der Waals surface area contributed by atoms with Crippen molar-refractivity contribution in [3.63, 3.8) is 0 Å². The standard InChI is InChI=1S/C30H45N3O7/c1-4-6-13-23(35)31-19-20(3)39-29(38)24-22-14-15-30(40-22)25(24)27(36)33(17-10-18-34)26(30)28(37)32(16-5-2)21-11-8-7-9-12-21/h4-5,20-22,24-26,34H,1-2,6-19H2,3H3,(H,31,35)/t20-,22-,24+,25+,26-,30+/m0/s1. The number of aliphatic hydroxyl groups excluding tert-OH is 1. The normalized spacial score (nSPS) is 30.1. The Hall–Kier alpha value is -2.72.